The van der Waals surface area contributed by atoms with E-state index in [9.17, 15) is 0 Å². The first-order valence-corrected chi connectivity index (χ1v) is 18.7. The van der Waals surface area contributed by atoms with Gasteiger partial charge in [0.2, 0.25) is 0 Å². The molecule has 0 saturated carbocycles. The van der Waals surface area contributed by atoms with Gasteiger partial charge in [-0.15, -0.1) is 0 Å². The van der Waals surface area contributed by atoms with E-state index in [2.05, 4.69) is 111 Å². The quantitative estimate of drug-likeness (QED) is 0.177. The minimum absolute atomic E-state index is 0.0201. The van der Waals surface area contributed by atoms with Crippen LogP contribution in [0.2, 0.25) is 0 Å². The summed E-state index contributed by atoms with van der Waals surface area (Å²) in [5.41, 5.74) is 9.16. The fourth-order valence-electron chi connectivity index (χ4n) is 8.39. The van der Waals surface area contributed by atoms with Crippen molar-refractivity contribution in [3.05, 3.63) is 188 Å². The maximum Gasteiger partial charge on any atom is 0.164 e. The molecule has 0 atom stereocenters. The molecule has 0 amide bonds. The molecule has 0 radical (unpaired) electrons. The molecule has 57 heavy (non-hydrogen) atoms. The molecule has 266 valence electrons. The van der Waals surface area contributed by atoms with Gasteiger partial charge in [-0.05, 0) is 66.7 Å². The van der Waals surface area contributed by atoms with Crippen LogP contribution in [-0.2, 0) is 0 Å². The van der Waals surface area contributed by atoms with Crippen molar-refractivity contribution in [1.29, 1.82) is 0 Å². The zero-order valence-corrected chi connectivity index (χ0v) is 30.2. The van der Waals surface area contributed by atoms with Crippen LogP contribution in [0.4, 0.5) is 0 Å². The van der Waals surface area contributed by atoms with Gasteiger partial charge in [-0.3, -0.25) is 0 Å². The second kappa shape index (κ2) is 12.3. The van der Waals surface area contributed by atoms with Crippen LogP contribution in [0.3, 0.4) is 0 Å². The lowest BCUT2D eigenvalue weighted by molar-refractivity contribution is 0.669. The topological polar surface area (TPSA) is 61.7 Å². The number of para-hydroxylation sites is 3. The van der Waals surface area contributed by atoms with Crippen molar-refractivity contribution in [3.63, 3.8) is 0 Å². The van der Waals surface area contributed by atoms with Crippen molar-refractivity contribution in [2.75, 3.05) is 0 Å². The Balaban J connectivity index is 1.03. The average molecular weight is 735 g/mol. The molecule has 0 aliphatic carbocycles. The molecule has 12 rings (SSSR count). The molecule has 0 unspecified atom stereocenters. The number of benzene rings is 8. The van der Waals surface area contributed by atoms with E-state index in [4.69, 9.17) is 21.2 Å². The summed E-state index contributed by atoms with van der Waals surface area (Å²) in [6.07, 6.45) is 0. The summed E-state index contributed by atoms with van der Waals surface area (Å²) >= 11 is 0. The number of hydrogen-bond acceptors (Lipinski definition) is 4. The standard InChI is InChI=1S/C51H31N5O/c1-4-14-32(15-5-1)49-52-50(33-16-6-2-7-17-33)54-51(53-49)34-24-26-37-40-31-36(25-29-45(40)57-46(37)30-34)56-42-23-13-11-21-39(42)48-44(56)28-27-43-47(48)38-20-10-12-22-41(38)55(43)35-18-8-3-9-19-35/h1-31H/i1D,4D,5D,14D,15D. The molecule has 8 aromatic carbocycles. The van der Waals surface area contributed by atoms with Gasteiger partial charge in [-0.25, -0.2) is 15.0 Å². The van der Waals surface area contributed by atoms with Crippen molar-refractivity contribution in [2.45, 2.75) is 0 Å². The van der Waals surface area contributed by atoms with Gasteiger partial charge < -0.3 is 13.6 Å². The summed E-state index contributed by atoms with van der Waals surface area (Å²) in [6, 6.07) is 51.4. The van der Waals surface area contributed by atoms with Crippen LogP contribution < -0.4 is 0 Å². The summed E-state index contributed by atoms with van der Waals surface area (Å²) < 4.78 is 53.2. The molecule has 0 aliphatic heterocycles. The number of furan rings is 1. The predicted molar refractivity (Wildman–Crippen MR) is 232 cm³/mol. The van der Waals surface area contributed by atoms with E-state index in [1.807, 2.05) is 60.7 Å². The highest BCUT2D eigenvalue weighted by Crippen LogP contribution is 2.43. The van der Waals surface area contributed by atoms with E-state index in [1.54, 1.807) is 0 Å². The van der Waals surface area contributed by atoms with Gasteiger partial charge in [-0.1, -0.05) is 121 Å². The third kappa shape index (κ3) is 4.87. The fourth-order valence-corrected chi connectivity index (χ4v) is 8.39. The third-order valence-corrected chi connectivity index (χ3v) is 10.8. The Bertz CT molecular complexity index is 3790. The maximum absolute atomic E-state index is 8.66. The normalized spacial score (nSPS) is 13.1. The molecule has 4 heterocycles. The number of fused-ring (bicyclic) bond motifs is 10. The highest BCUT2D eigenvalue weighted by Gasteiger charge is 2.21. The SMILES string of the molecule is [2H]c1c([2H])c([2H])c(-c2nc(-c3ccccc3)nc(-c3ccc4c(c3)oc3ccc(-n5c6ccccc6c6c7c8ccccc8n(-c8ccccc8)c7ccc65)cc34)n2)c([2H])c1[2H]. The predicted octanol–water partition coefficient (Wildman–Crippen LogP) is 13.0. The van der Waals surface area contributed by atoms with Crippen molar-refractivity contribution >= 4 is 65.6 Å². The minimum Gasteiger partial charge on any atom is -0.456 e. The molecule has 0 bridgehead atoms. The van der Waals surface area contributed by atoms with Gasteiger partial charge in [0, 0.05) is 60.4 Å². The van der Waals surface area contributed by atoms with E-state index in [0.717, 1.165) is 49.8 Å². The lowest BCUT2D eigenvalue weighted by Crippen LogP contribution is -2.00. The lowest BCUT2D eigenvalue weighted by atomic mass is 10.1. The first-order chi connectivity index (χ1) is 30.3. The van der Waals surface area contributed by atoms with Gasteiger partial charge >= 0.3 is 0 Å². The van der Waals surface area contributed by atoms with Crippen LogP contribution in [-0.4, -0.2) is 24.1 Å². The van der Waals surface area contributed by atoms with Crippen molar-refractivity contribution in [2.24, 2.45) is 0 Å². The maximum atomic E-state index is 8.66. The largest absolute Gasteiger partial charge is 0.456 e. The number of hydrogen-bond donors (Lipinski definition) is 0. The number of nitrogens with zero attached hydrogens (tertiary/aromatic N) is 5. The van der Waals surface area contributed by atoms with E-state index in [0.29, 0.717) is 22.5 Å². The molecule has 0 saturated heterocycles. The summed E-state index contributed by atoms with van der Waals surface area (Å²) in [4.78, 5) is 14.2. The molecule has 0 N–H and O–H groups in total. The fraction of sp³-hybridized carbons (Fsp3) is 0. The zero-order chi connectivity index (χ0) is 41.8. The smallest absolute Gasteiger partial charge is 0.164 e. The Morgan fingerprint density at radius 2 is 0.965 bits per heavy atom. The Labute approximate surface area is 333 Å². The Kier molecular flexibility index (Phi) is 5.82. The Morgan fingerprint density at radius 3 is 1.65 bits per heavy atom. The second-order valence-electron chi connectivity index (χ2n) is 14.1. The molecule has 0 fully saturated rings. The van der Waals surface area contributed by atoms with Crippen LogP contribution in [0.5, 0.6) is 0 Å². The zero-order valence-electron chi connectivity index (χ0n) is 35.2. The van der Waals surface area contributed by atoms with E-state index in [1.165, 1.54) is 21.5 Å². The Hall–Kier alpha value is -7.83. The number of aromatic nitrogens is 5. The van der Waals surface area contributed by atoms with Crippen LogP contribution in [0.15, 0.2) is 192 Å². The lowest BCUT2D eigenvalue weighted by Gasteiger charge is -2.09. The van der Waals surface area contributed by atoms with Gasteiger partial charge in [0.1, 0.15) is 11.2 Å². The Morgan fingerprint density at radius 1 is 0.386 bits per heavy atom. The molecule has 6 nitrogen and oxygen atoms in total. The van der Waals surface area contributed by atoms with Crippen LogP contribution >= 0.6 is 0 Å². The minimum atomic E-state index is -0.484. The second-order valence-corrected chi connectivity index (χ2v) is 14.1. The van der Waals surface area contributed by atoms with Crippen LogP contribution in [0.1, 0.15) is 6.85 Å². The third-order valence-electron chi connectivity index (χ3n) is 10.8. The summed E-state index contributed by atoms with van der Waals surface area (Å²) in [5.74, 6) is 0.557. The summed E-state index contributed by atoms with van der Waals surface area (Å²) in [5, 5.41) is 6.62. The molecular formula is C51H31N5O. The van der Waals surface area contributed by atoms with Gasteiger partial charge in [0.05, 0.1) is 28.9 Å². The molecule has 0 spiro atoms. The van der Waals surface area contributed by atoms with Crippen molar-refractivity contribution in [3.8, 4) is 45.5 Å². The summed E-state index contributed by atoms with van der Waals surface area (Å²) in [7, 11) is 0. The molecule has 12 aromatic rings. The molecule has 6 heteroatoms. The first-order valence-electron chi connectivity index (χ1n) is 21.2. The van der Waals surface area contributed by atoms with Gasteiger partial charge in [0.15, 0.2) is 17.5 Å². The van der Waals surface area contributed by atoms with Crippen LogP contribution in [0.25, 0.3) is 111 Å². The van der Waals surface area contributed by atoms with E-state index in [-0.39, 0.29) is 29.3 Å². The van der Waals surface area contributed by atoms with Crippen molar-refractivity contribution < 1.29 is 11.3 Å². The molecule has 4 aromatic heterocycles. The average Bonchev–Trinajstić information content (AvgIpc) is 3.97. The van der Waals surface area contributed by atoms with E-state index >= 15 is 0 Å². The highest BCUT2D eigenvalue weighted by molar-refractivity contribution is 6.29. The van der Waals surface area contributed by atoms with Gasteiger partial charge in [-0.2, -0.15) is 0 Å². The van der Waals surface area contributed by atoms with E-state index < -0.39 is 18.1 Å². The van der Waals surface area contributed by atoms with Crippen LogP contribution in [0, 0.1) is 0 Å². The van der Waals surface area contributed by atoms with Crippen molar-refractivity contribution in [1.82, 2.24) is 24.1 Å². The molecule has 0 aliphatic rings. The van der Waals surface area contributed by atoms with Gasteiger partial charge in [0.25, 0.3) is 0 Å². The first kappa shape index (κ1) is 26.9. The monoisotopic (exact) mass is 734 g/mol. The highest BCUT2D eigenvalue weighted by atomic mass is 16.3. The summed E-state index contributed by atoms with van der Waals surface area (Å²) in [6.45, 7) is 0. The number of rotatable bonds is 5. The molecular weight excluding hydrogens is 699 g/mol.